The summed E-state index contributed by atoms with van der Waals surface area (Å²) in [4.78, 5) is 14.1. The number of ether oxygens (including phenoxy) is 1. The van der Waals surface area contributed by atoms with Gasteiger partial charge in [0.25, 0.3) is 5.91 Å². The topological polar surface area (TPSA) is 49.8 Å². The lowest BCUT2D eigenvalue weighted by molar-refractivity contribution is -0.0304. The van der Waals surface area contributed by atoms with Crippen LogP contribution in [0.4, 0.5) is 4.39 Å². The second-order valence-electron chi connectivity index (χ2n) is 5.32. The lowest BCUT2D eigenvalue weighted by atomic mass is 10.1. The Morgan fingerprint density at radius 2 is 2.10 bits per heavy atom. The van der Waals surface area contributed by atoms with E-state index in [0.29, 0.717) is 18.7 Å². The number of benzene rings is 1. The van der Waals surface area contributed by atoms with Crippen molar-refractivity contribution in [2.45, 2.75) is 25.0 Å². The molecule has 21 heavy (non-hydrogen) atoms. The Bertz CT molecular complexity index is 608. The third kappa shape index (κ3) is 2.92. The first kappa shape index (κ1) is 14.1. The molecule has 1 aromatic carbocycles. The molecule has 0 aromatic heterocycles. The minimum Gasteiger partial charge on any atom is -0.384 e. The van der Waals surface area contributed by atoms with E-state index in [1.54, 1.807) is 11.0 Å². The first-order valence-corrected chi connectivity index (χ1v) is 7.01. The van der Waals surface area contributed by atoms with Gasteiger partial charge in [-0.15, -0.1) is 0 Å². The molecule has 3 rings (SSSR count). The highest BCUT2D eigenvalue weighted by molar-refractivity contribution is 5.94. The quantitative estimate of drug-likeness (QED) is 0.790. The largest absolute Gasteiger partial charge is 0.384 e. The summed E-state index contributed by atoms with van der Waals surface area (Å²) in [6.45, 7) is 0.778. The molecule has 4 nitrogen and oxygen atoms in total. The molecule has 0 spiro atoms. The van der Waals surface area contributed by atoms with E-state index in [0.717, 1.165) is 12.8 Å². The van der Waals surface area contributed by atoms with Crippen LogP contribution < -0.4 is 0 Å². The molecule has 1 amide bonds. The SMILES string of the molecule is O=C(c1ccc(C#CCO)cc1F)N1CC2CCC(C1)O2. The van der Waals surface area contributed by atoms with Crippen LogP contribution in [0.15, 0.2) is 18.2 Å². The van der Waals surface area contributed by atoms with E-state index < -0.39 is 5.82 Å². The molecule has 2 unspecified atom stereocenters. The Hall–Kier alpha value is -1.90. The summed E-state index contributed by atoms with van der Waals surface area (Å²) in [5, 5.41) is 8.63. The third-order valence-corrected chi connectivity index (χ3v) is 3.84. The van der Waals surface area contributed by atoms with E-state index in [4.69, 9.17) is 9.84 Å². The van der Waals surface area contributed by atoms with E-state index >= 15 is 0 Å². The fourth-order valence-electron chi connectivity index (χ4n) is 2.86. The van der Waals surface area contributed by atoms with E-state index in [2.05, 4.69) is 11.8 Å². The van der Waals surface area contributed by atoms with Crippen molar-refractivity contribution in [3.8, 4) is 11.8 Å². The number of fused-ring (bicyclic) bond motifs is 2. The van der Waals surface area contributed by atoms with E-state index in [-0.39, 0.29) is 30.3 Å². The van der Waals surface area contributed by atoms with Gasteiger partial charge < -0.3 is 14.7 Å². The lowest BCUT2D eigenvalue weighted by Gasteiger charge is -2.32. The molecular weight excluding hydrogens is 273 g/mol. The zero-order valence-electron chi connectivity index (χ0n) is 11.5. The van der Waals surface area contributed by atoms with Gasteiger partial charge in [-0.25, -0.2) is 4.39 Å². The van der Waals surface area contributed by atoms with Gasteiger partial charge in [-0.3, -0.25) is 4.79 Å². The number of rotatable bonds is 1. The van der Waals surface area contributed by atoms with Gasteiger partial charge in [-0.2, -0.15) is 0 Å². The van der Waals surface area contributed by atoms with Gasteiger partial charge in [0, 0.05) is 18.7 Å². The average molecular weight is 289 g/mol. The molecule has 110 valence electrons. The monoisotopic (exact) mass is 289 g/mol. The molecule has 2 fully saturated rings. The minimum absolute atomic E-state index is 0.0610. The maximum Gasteiger partial charge on any atom is 0.257 e. The molecule has 0 saturated carbocycles. The fourth-order valence-corrected chi connectivity index (χ4v) is 2.86. The number of morpholine rings is 1. The fraction of sp³-hybridized carbons (Fsp3) is 0.438. The van der Waals surface area contributed by atoms with Crippen LogP contribution in [-0.4, -0.2) is 47.8 Å². The summed E-state index contributed by atoms with van der Waals surface area (Å²) in [5.41, 5.74) is 0.506. The maximum absolute atomic E-state index is 14.1. The number of hydrogen-bond donors (Lipinski definition) is 1. The Morgan fingerprint density at radius 3 is 2.71 bits per heavy atom. The molecule has 0 radical (unpaired) electrons. The molecule has 2 bridgehead atoms. The number of aliphatic hydroxyl groups excluding tert-OH is 1. The predicted octanol–water partition coefficient (Wildman–Crippen LogP) is 1.17. The molecule has 1 N–H and O–H groups in total. The molecule has 2 aliphatic rings. The number of likely N-dealkylation sites (tertiary alicyclic amines) is 1. The van der Waals surface area contributed by atoms with E-state index in [1.165, 1.54) is 12.1 Å². The number of hydrogen-bond acceptors (Lipinski definition) is 3. The van der Waals surface area contributed by atoms with Crippen molar-refractivity contribution in [3.63, 3.8) is 0 Å². The standard InChI is InChI=1S/C16H16FNO3/c17-15-8-11(2-1-7-19)3-6-14(15)16(20)18-9-12-4-5-13(10-18)21-12/h3,6,8,12-13,19H,4-5,7,9-10H2. The van der Waals surface area contributed by atoms with E-state index in [9.17, 15) is 9.18 Å². The maximum atomic E-state index is 14.1. The van der Waals surface area contributed by atoms with Gasteiger partial charge in [-0.1, -0.05) is 11.8 Å². The van der Waals surface area contributed by atoms with Gasteiger partial charge in [0.15, 0.2) is 0 Å². The Balaban J connectivity index is 1.78. The molecular formula is C16H16FNO3. The number of aliphatic hydroxyl groups is 1. The normalized spacial score (nSPS) is 23.6. The van der Waals surface area contributed by atoms with Crippen LogP contribution in [0.2, 0.25) is 0 Å². The van der Waals surface area contributed by atoms with Crippen molar-refractivity contribution in [3.05, 3.63) is 35.1 Å². The summed E-state index contributed by atoms with van der Waals surface area (Å²) in [6, 6.07) is 4.27. The zero-order chi connectivity index (χ0) is 14.8. The highest BCUT2D eigenvalue weighted by Gasteiger charge is 2.36. The summed E-state index contributed by atoms with van der Waals surface area (Å²) in [7, 11) is 0. The van der Waals surface area contributed by atoms with Gasteiger partial charge in [0.05, 0.1) is 17.8 Å². The average Bonchev–Trinajstić information content (AvgIpc) is 2.83. The molecule has 2 heterocycles. The van der Waals surface area contributed by atoms with Crippen molar-refractivity contribution in [2.75, 3.05) is 19.7 Å². The van der Waals surface area contributed by atoms with Crippen molar-refractivity contribution >= 4 is 5.91 Å². The first-order valence-electron chi connectivity index (χ1n) is 7.01. The van der Waals surface area contributed by atoms with Crippen molar-refractivity contribution < 1.29 is 19.0 Å². The van der Waals surface area contributed by atoms with Gasteiger partial charge >= 0.3 is 0 Å². The number of nitrogens with zero attached hydrogens (tertiary/aromatic N) is 1. The van der Waals surface area contributed by atoms with Crippen LogP contribution in [0.1, 0.15) is 28.8 Å². The first-order chi connectivity index (χ1) is 10.2. The van der Waals surface area contributed by atoms with Crippen LogP contribution in [0.3, 0.4) is 0 Å². The van der Waals surface area contributed by atoms with Gasteiger partial charge in [0.2, 0.25) is 0 Å². The Labute approximate surface area is 122 Å². The molecule has 2 saturated heterocycles. The van der Waals surface area contributed by atoms with Crippen LogP contribution in [-0.2, 0) is 4.74 Å². The number of halogens is 1. The smallest absolute Gasteiger partial charge is 0.257 e. The molecule has 1 aromatic rings. The predicted molar refractivity (Wildman–Crippen MR) is 74.2 cm³/mol. The zero-order valence-corrected chi connectivity index (χ0v) is 11.5. The summed E-state index contributed by atoms with van der Waals surface area (Å²) >= 11 is 0. The second-order valence-corrected chi connectivity index (χ2v) is 5.32. The lowest BCUT2D eigenvalue weighted by Crippen LogP contribution is -2.46. The molecule has 2 atom stereocenters. The summed E-state index contributed by atoms with van der Waals surface area (Å²) in [6.07, 6.45) is 2.11. The second kappa shape index (κ2) is 5.84. The van der Waals surface area contributed by atoms with Crippen molar-refractivity contribution in [2.24, 2.45) is 0 Å². The van der Waals surface area contributed by atoms with Crippen molar-refractivity contribution in [1.82, 2.24) is 4.90 Å². The van der Waals surface area contributed by atoms with Gasteiger partial charge in [0.1, 0.15) is 12.4 Å². The molecule has 2 aliphatic heterocycles. The summed E-state index contributed by atoms with van der Waals surface area (Å²) in [5.74, 6) is 4.19. The highest BCUT2D eigenvalue weighted by atomic mass is 19.1. The van der Waals surface area contributed by atoms with Crippen LogP contribution >= 0.6 is 0 Å². The summed E-state index contributed by atoms with van der Waals surface area (Å²) < 4.78 is 19.8. The molecule has 5 heteroatoms. The van der Waals surface area contributed by atoms with Crippen molar-refractivity contribution in [1.29, 1.82) is 0 Å². The molecule has 0 aliphatic carbocycles. The minimum atomic E-state index is -0.580. The Morgan fingerprint density at radius 1 is 1.38 bits per heavy atom. The van der Waals surface area contributed by atoms with Crippen LogP contribution in [0.5, 0.6) is 0 Å². The number of carbonyl (C=O) groups excluding carboxylic acids is 1. The van der Waals surface area contributed by atoms with Crippen LogP contribution in [0, 0.1) is 17.7 Å². The highest BCUT2D eigenvalue weighted by Crippen LogP contribution is 2.27. The van der Waals surface area contributed by atoms with E-state index in [1.807, 2.05) is 0 Å². The number of amides is 1. The number of carbonyl (C=O) groups is 1. The third-order valence-electron chi connectivity index (χ3n) is 3.84. The van der Waals surface area contributed by atoms with Gasteiger partial charge in [-0.05, 0) is 31.0 Å². The Kier molecular flexibility index (Phi) is 3.91. The van der Waals surface area contributed by atoms with Crippen LogP contribution in [0.25, 0.3) is 0 Å².